The Kier molecular flexibility index (Phi) is 4.06. The Balaban J connectivity index is 4.70. The summed E-state index contributed by atoms with van der Waals surface area (Å²) in [6.07, 6.45) is -1.28. The van der Waals surface area contributed by atoms with Crippen molar-refractivity contribution < 1.29 is 14.6 Å². The summed E-state index contributed by atoms with van der Waals surface area (Å²) in [5, 5.41) is 7.83. The van der Waals surface area contributed by atoms with Gasteiger partial charge in [0.05, 0.1) is 0 Å². The Bertz CT molecular complexity index is 204. The molecule has 0 radical (unpaired) electrons. The van der Waals surface area contributed by atoms with Crippen molar-refractivity contribution in [3.05, 3.63) is 0 Å². The van der Waals surface area contributed by atoms with Gasteiger partial charge in [-0.3, -0.25) is 0 Å². The number of ether oxygens (including phenoxy) is 1. The van der Waals surface area contributed by atoms with Crippen molar-refractivity contribution >= 4 is 36.4 Å². The predicted octanol–water partition coefficient (Wildman–Crippen LogP) is 2.59. The Morgan fingerprint density at radius 1 is 1.31 bits per heavy atom. The second-order valence-electron chi connectivity index (χ2n) is 3.97. The molecule has 3 nitrogen and oxygen atoms in total. The number of hydrogen-bond donors (Lipinski definition) is 3. The lowest BCUT2D eigenvalue weighted by Gasteiger charge is -2.40. The molecule has 0 amide bonds. The molecule has 0 heterocycles. The van der Waals surface area contributed by atoms with E-state index in [1.165, 1.54) is 0 Å². The van der Waals surface area contributed by atoms with Crippen LogP contribution in [0.5, 0.6) is 0 Å². The van der Waals surface area contributed by atoms with Crippen LogP contribution in [0.2, 0.25) is 5.31 Å². The fourth-order valence-corrected chi connectivity index (χ4v) is 1.28. The molecule has 6 heteroatoms. The molecule has 0 bridgehead atoms. The number of carbonyl (C=O) groups is 1. The van der Waals surface area contributed by atoms with E-state index in [-0.39, 0.29) is 5.27 Å². The molecule has 0 fully saturated rings. The van der Waals surface area contributed by atoms with Gasteiger partial charge in [0.25, 0.3) is 5.27 Å². The molecule has 0 saturated carbocycles. The van der Waals surface area contributed by atoms with Gasteiger partial charge in [0.2, 0.25) is 0 Å². The molecule has 76 valence electrons. The van der Waals surface area contributed by atoms with Gasteiger partial charge < -0.3 is 9.84 Å². The van der Waals surface area contributed by atoms with Gasteiger partial charge in [-0.15, -0.1) is 0 Å². The Morgan fingerprint density at radius 2 is 1.69 bits per heavy atom. The maximum Gasteiger partial charge on any atom is 0.506 e. The first-order chi connectivity index (χ1) is 5.61. The van der Waals surface area contributed by atoms with Crippen molar-refractivity contribution in [1.82, 2.24) is 0 Å². The Labute approximate surface area is 89.9 Å². The average molecular weight is 222 g/mol. The maximum absolute atomic E-state index is 10.4. The topological polar surface area (TPSA) is 46.5 Å². The van der Waals surface area contributed by atoms with Gasteiger partial charge in [-0.2, -0.15) is 0 Å². The van der Waals surface area contributed by atoms with Crippen LogP contribution in [-0.4, -0.2) is 22.1 Å². The predicted molar refractivity (Wildman–Crippen MR) is 61.0 cm³/mol. The van der Waals surface area contributed by atoms with Gasteiger partial charge in [0, 0.05) is 5.31 Å². The van der Waals surface area contributed by atoms with Crippen LogP contribution in [0.3, 0.4) is 0 Å². The number of rotatable bonds is 3. The molecule has 13 heavy (non-hydrogen) atoms. The molecule has 0 unspecified atom stereocenters. The van der Waals surface area contributed by atoms with Gasteiger partial charge in [-0.05, 0) is 13.8 Å². The van der Waals surface area contributed by atoms with Gasteiger partial charge in [0.1, 0.15) is 5.60 Å². The molecule has 0 spiro atoms. The maximum atomic E-state index is 10.4. The molecule has 0 aliphatic carbocycles. The first-order valence-corrected chi connectivity index (χ1v) is 4.92. The summed E-state index contributed by atoms with van der Waals surface area (Å²) >= 11 is 8.37. The molecule has 0 aromatic heterocycles. The van der Waals surface area contributed by atoms with E-state index in [0.29, 0.717) is 0 Å². The highest BCUT2D eigenvalue weighted by Gasteiger charge is 2.45. The third-order valence-electron chi connectivity index (χ3n) is 2.54. The molecule has 0 aliphatic rings. The molecule has 0 saturated heterocycles. The molecule has 1 N–H and O–H groups in total. The minimum absolute atomic E-state index is 0.248. The molecule has 0 aliphatic heterocycles. The lowest BCUT2D eigenvalue weighted by molar-refractivity contribution is -0.0182. The van der Waals surface area contributed by atoms with Crippen LogP contribution >= 0.6 is 25.0 Å². The van der Waals surface area contributed by atoms with Gasteiger partial charge in [0.15, 0.2) is 0 Å². The van der Waals surface area contributed by atoms with Crippen molar-refractivity contribution in [2.75, 3.05) is 0 Å². The molecule has 0 aromatic rings. The summed E-state index contributed by atoms with van der Waals surface area (Å²) in [6.45, 7) is 7.14. The first kappa shape index (κ1) is 13.0. The summed E-state index contributed by atoms with van der Waals surface area (Å²) in [5.74, 6) is 0. The van der Waals surface area contributed by atoms with E-state index in [2.05, 4.69) is 25.0 Å². The van der Waals surface area contributed by atoms with Crippen LogP contribution < -0.4 is 0 Å². The number of carboxylic acid groups (broad SMARTS) is 1. The van der Waals surface area contributed by atoms with Crippen molar-refractivity contribution in [1.29, 1.82) is 0 Å². The average Bonchev–Trinajstić information content (AvgIpc) is 1.83. The first-order valence-electron chi connectivity index (χ1n) is 3.89. The van der Waals surface area contributed by atoms with Crippen LogP contribution in [0.15, 0.2) is 0 Å². The van der Waals surface area contributed by atoms with Crippen molar-refractivity contribution in [3.63, 3.8) is 0 Å². The van der Waals surface area contributed by atoms with E-state index >= 15 is 0 Å². The Morgan fingerprint density at radius 3 is 1.92 bits per heavy atom. The van der Waals surface area contributed by atoms with E-state index < -0.39 is 17.1 Å². The zero-order chi connectivity index (χ0) is 10.9. The van der Waals surface area contributed by atoms with Crippen molar-refractivity contribution in [2.24, 2.45) is 0 Å². The normalized spacial score (nSPS) is 12.5. The number of hydrogen-bond acceptors (Lipinski definition) is 4. The van der Waals surface area contributed by atoms with E-state index in [4.69, 9.17) is 9.84 Å². The van der Waals surface area contributed by atoms with Gasteiger partial charge in [-0.25, -0.2) is 29.8 Å². The lowest BCUT2D eigenvalue weighted by Crippen LogP contribution is -2.43. The highest BCUT2D eigenvalue weighted by atomic mass is 32.2. The molecule has 0 atom stereocenters. The summed E-state index contributed by atoms with van der Waals surface area (Å²) in [4.78, 5) is 10.4. The summed E-state index contributed by atoms with van der Waals surface area (Å²) in [5.41, 5.74) is -0.812. The number of thiol groups is 2. The monoisotopic (exact) mass is 222 g/mol. The second-order valence-corrected chi connectivity index (χ2v) is 5.41. The van der Waals surface area contributed by atoms with Crippen LogP contribution in [0.4, 0.5) is 4.79 Å². The standard InChI is InChI=1S/C7H15BO3S2/c1-6(2,8(12)13)7(3,4)11-5(9)10/h12-13H,1-4H3,(H,9,10). The molecular formula is C7H15BO3S2. The van der Waals surface area contributed by atoms with Gasteiger partial charge >= 0.3 is 6.16 Å². The third-order valence-corrected chi connectivity index (χ3v) is 3.83. The second kappa shape index (κ2) is 4.04. The van der Waals surface area contributed by atoms with Crippen LogP contribution in [0.25, 0.3) is 0 Å². The highest BCUT2D eigenvalue weighted by Crippen LogP contribution is 2.45. The van der Waals surface area contributed by atoms with Crippen molar-refractivity contribution in [2.45, 2.75) is 38.6 Å². The van der Waals surface area contributed by atoms with E-state index in [0.717, 1.165) is 0 Å². The van der Waals surface area contributed by atoms with Crippen molar-refractivity contribution in [3.8, 4) is 0 Å². The zero-order valence-corrected chi connectivity index (χ0v) is 10.0. The van der Waals surface area contributed by atoms with Crippen LogP contribution in [0.1, 0.15) is 27.7 Å². The lowest BCUT2D eigenvalue weighted by atomic mass is 9.60. The Hall–Kier alpha value is 0.0349. The van der Waals surface area contributed by atoms with Crippen LogP contribution in [0, 0.1) is 0 Å². The summed E-state index contributed by atoms with van der Waals surface area (Å²) < 4.78 is 4.78. The van der Waals surface area contributed by atoms with Gasteiger partial charge in [-0.1, -0.05) is 13.8 Å². The van der Waals surface area contributed by atoms with E-state index in [1.54, 1.807) is 13.8 Å². The fraction of sp³-hybridized carbons (Fsp3) is 0.857. The summed E-state index contributed by atoms with van der Waals surface area (Å²) in [6, 6.07) is 0. The highest BCUT2D eigenvalue weighted by molar-refractivity contribution is 8.41. The molecule has 0 rings (SSSR count). The zero-order valence-electron chi connectivity index (χ0n) is 8.24. The van der Waals surface area contributed by atoms with E-state index in [1.807, 2.05) is 13.8 Å². The fourth-order valence-electron chi connectivity index (χ4n) is 0.661. The smallest absolute Gasteiger partial charge is 0.450 e. The van der Waals surface area contributed by atoms with Crippen LogP contribution in [-0.2, 0) is 4.74 Å². The minimum Gasteiger partial charge on any atom is -0.450 e. The van der Waals surface area contributed by atoms with E-state index in [9.17, 15) is 4.79 Å². The minimum atomic E-state index is -1.28. The SMILES string of the molecule is CC(C)(OC(=O)O)C(C)(C)B(S)S. The third kappa shape index (κ3) is 3.02. The summed E-state index contributed by atoms with van der Waals surface area (Å²) in [7, 11) is 0. The largest absolute Gasteiger partial charge is 0.506 e. The quantitative estimate of drug-likeness (QED) is 0.390. The molecular weight excluding hydrogens is 207 g/mol. The molecule has 0 aromatic carbocycles.